The van der Waals surface area contributed by atoms with Gasteiger partial charge in [0.2, 0.25) is 0 Å². The Labute approximate surface area is 116 Å². The van der Waals surface area contributed by atoms with Crippen LogP contribution >= 0.6 is 0 Å². The number of nitrogens with two attached hydrogens (primary N) is 1. The number of hydrogen-bond donors (Lipinski definition) is 1. The van der Waals surface area contributed by atoms with E-state index in [9.17, 15) is 4.79 Å². The summed E-state index contributed by atoms with van der Waals surface area (Å²) < 4.78 is 5.23. The van der Waals surface area contributed by atoms with Gasteiger partial charge in [-0.25, -0.2) is 4.79 Å². The molecule has 3 unspecified atom stereocenters. The van der Waals surface area contributed by atoms with Gasteiger partial charge in [0, 0.05) is 18.6 Å². The molecule has 2 fully saturated rings. The molecular weight excluding hydrogens is 240 g/mol. The summed E-state index contributed by atoms with van der Waals surface area (Å²) in [6.07, 6.45) is 5.80. The van der Waals surface area contributed by atoms with E-state index in [4.69, 9.17) is 10.5 Å². The van der Waals surface area contributed by atoms with Crippen LogP contribution in [0, 0.1) is 5.92 Å². The molecule has 110 valence electrons. The molecule has 4 heteroatoms. The normalized spacial score (nSPS) is 31.8. The molecule has 0 aromatic carbocycles. The van der Waals surface area contributed by atoms with E-state index in [0.717, 1.165) is 12.8 Å². The number of carbonyl (C=O) groups excluding carboxylic acids is 1. The third-order valence-electron chi connectivity index (χ3n) is 4.78. The highest BCUT2D eigenvalue weighted by molar-refractivity contribution is 5.82. The van der Waals surface area contributed by atoms with Crippen LogP contribution in [0.15, 0.2) is 0 Å². The molecule has 1 aliphatic heterocycles. The zero-order valence-electron chi connectivity index (χ0n) is 12.5. The second kappa shape index (κ2) is 5.80. The Kier molecular flexibility index (Phi) is 4.51. The number of nitrogens with zero attached hydrogens (tertiary/aromatic N) is 1. The van der Waals surface area contributed by atoms with E-state index in [1.54, 1.807) is 0 Å². The van der Waals surface area contributed by atoms with E-state index < -0.39 is 5.54 Å². The van der Waals surface area contributed by atoms with Crippen LogP contribution in [0.3, 0.4) is 0 Å². The Morgan fingerprint density at radius 2 is 1.84 bits per heavy atom. The highest BCUT2D eigenvalue weighted by Gasteiger charge is 2.51. The Balaban J connectivity index is 2.09. The first kappa shape index (κ1) is 14.8. The molecule has 2 rings (SSSR count). The molecule has 0 bridgehead atoms. The third kappa shape index (κ3) is 3.11. The molecule has 0 spiro atoms. The quantitative estimate of drug-likeness (QED) is 0.774. The highest BCUT2D eigenvalue weighted by atomic mass is 16.5. The number of ether oxygens (including phenoxy) is 1. The first-order valence-corrected chi connectivity index (χ1v) is 7.71. The number of hydrogen-bond acceptors (Lipinski definition) is 4. The van der Waals surface area contributed by atoms with E-state index in [0.29, 0.717) is 31.2 Å². The minimum atomic E-state index is -0.796. The minimum Gasteiger partial charge on any atom is -0.465 e. The lowest BCUT2D eigenvalue weighted by molar-refractivity contribution is -0.152. The minimum absolute atomic E-state index is 0.206. The summed E-state index contributed by atoms with van der Waals surface area (Å²) in [6, 6.07) is 1.03. The topological polar surface area (TPSA) is 55.6 Å². The van der Waals surface area contributed by atoms with Crippen molar-refractivity contribution in [3.63, 3.8) is 0 Å². The Morgan fingerprint density at radius 3 is 2.32 bits per heavy atom. The van der Waals surface area contributed by atoms with Crippen molar-refractivity contribution in [2.24, 2.45) is 11.7 Å². The van der Waals surface area contributed by atoms with Crippen molar-refractivity contribution in [1.82, 2.24) is 4.90 Å². The Morgan fingerprint density at radius 1 is 1.26 bits per heavy atom. The van der Waals surface area contributed by atoms with Crippen LogP contribution in [-0.2, 0) is 9.53 Å². The summed E-state index contributed by atoms with van der Waals surface area (Å²) in [7, 11) is 0. The molecule has 2 N–H and O–H groups in total. The smallest absolute Gasteiger partial charge is 0.327 e. The summed E-state index contributed by atoms with van der Waals surface area (Å²) in [5.74, 6) is 0.107. The fourth-order valence-electron chi connectivity index (χ4n) is 3.31. The van der Waals surface area contributed by atoms with E-state index in [1.807, 2.05) is 6.92 Å². The Hall–Kier alpha value is -0.610. The van der Waals surface area contributed by atoms with E-state index >= 15 is 0 Å². The van der Waals surface area contributed by atoms with Crippen LogP contribution in [0.2, 0.25) is 0 Å². The van der Waals surface area contributed by atoms with Crippen LogP contribution in [0.4, 0.5) is 0 Å². The molecule has 19 heavy (non-hydrogen) atoms. The maximum Gasteiger partial charge on any atom is 0.327 e. The molecule has 1 heterocycles. The van der Waals surface area contributed by atoms with Crippen molar-refractivity contribution in [1.29, 1.82) is 0 Å². The van der Waals surface area contributed by atoms with Gasteiger partial charge in [-0.3, -0.25) is 4.90 Å². The maximum absolute atomic E-state index is 12.3. The fourth-order valence-corrected chi connectivity index (χ4v) is 3.31. The maximum atomic E-state index is 12.3. The van der Waals surface area contributed by atoms with Crippen LogP contribution in [0.5, 0.6) is 0 Å². The predicted octanol–water partition coefficient (Wildman–Crippen LogP) is 1.92. The molecule has 0 aromatic heterocycles. The van der Waals surface area contributed by atoms with E-state index in [1.165, 1.54) is 19.3 Å². The average Bonchev–Trinajstić information content (AvgIpc) is 3.18. The van der Waals surface area contributed by atoms with Crippen LogP contribution in [-0.4, -0.2) is 41.6 Å². The molecule has 0 amide bonds. The van der Waals surface area contributed by atoms with Crippen LogP contribution in [0.25, 0.3) is 0 Å². The summed E-state index contributed by atoms with van der Waals surface area (Å²) in [6.45, 7) is 7.40. The van der Waals surface area contributed by atoms with Gasteiger partial charge in [-0.05, 0) is 52.4 Å². The van der Waals surface area contributed by atoms with Gasteiger partial charge < -0.3 is 10.5 Å². The number of rotatable bonds is 5. The molecule has 0 radical (unpaired) electrons. The lowest BCUT2D eigenvalue weighted by Gasteiger charge is -2.43. The van der Waals surface area contributed by atoms with Gasteiger partial charge in [0.1, 0.15) is 5.54 Å². The Bertz CT molecular complexity index is 320. The second-order valence-electron chi connectivity index (χ2n) is 6.34. The highest BCUT2D eigenvalue weighted by Crippen LogP contribution is 2.40. The zero-order valence-corrected chi connectivity index (χ0v) is 12.5. The molecule has 1 aliphatic carbocycles. The van der Waals surface area contributed by atoms with Gasteiger partial charge in [-0.2, -0.15) is 0 Å². The summed E-state index contributed by atoms with van der Waals surface area (Å²) in [4.78, 5) is 14.7. The van der Waals surface area contributed by atoms with Gasteiger partial charge in [0.25, 0.3) is 0 Å². The summed E-state index contributed by atoms with van der Waals surface area (Å²) >= 11 is 0. The summed E-state index contributed by atoms with van der Waals surface area (Å²) in [5.41, 5.74) is 5.68. The second-order valence-corrected chi connectivity index (χ2v) is 6.34. The van der Waals surface area contributed by atoms with Gasteiger partial charge >= 0.3 is 5.97 Å². The standard InChI is InChI=1S/C15H28N2O2/c1-4-19-14(18)15(16,13-8-9-13)10-17-11(2)6-5-7-12(17)3/h11-13H,4-10,16H2,1-3H3. The first-order chi connectivity index (χ1) is 8.99. The van der Waals surface area contributed by atoms with Gasteiger partial charge in [-0.15, -0.1) is 0 Å². The van der Waals surface area contributed by atoms with Gasteiger partial charge in [0.15, 0.2) is 0 Å². The van der Waals surface area contributed by atoms with Crippen molar-refractivity contribution >= 4 is 5.97 Å². The zero-order chi connectivity index (χ0) is 14.0. The molecule has 0 aromatic rings. The molecule has 1 saturated heterocycles. The molecule has 3 atom stereocenters. The average molecular weight is 268 g/mol. The monoisotopic (exact) mass is 268 g/mol. The van der Waals surface area contributed by atoms with Crippen LogP contribution < -0.4 is 5.73 Å². The van der Waals surface area contributed by atoms with E-state index in [2.05, 4.69) is 18.7 Å². The SMILES string of the molecule is CCOC(=O)C(N)(CN1C(C)CCCC1C)C1CC1. The molecule has 4 nitrogen and oxygen atoms in total. The summed E-state index contributed by atoms with van der Waals surface area (Å²) in [5, 5.41) is 0. The lowest BCUT2D eigenvalue weighted by Crippen LogP contribution is -2.62. The third-order valence-corrected chi connectivity index (χ3v) is 4.78. The predicted molar refractivity (Wildman–Crippen MR) is 75.8 cm³/mol. The van der Waals surface area contributed by atoms with Crippen LogP contribution in [0.1, 0.15) is 52.9 Å². The number of piperidine rings is 1. The van der Waals surface area contributed by atoms with Crippen molar-refractivity contribution < 1.29 is 9.53 Å². The number of esters is 1. The first-order valence-electron chi connectivity index (χ1n) is 7.71. The van der Waals surface area contributed by atoms with Crippen molar-refractivity contribution in [2.75, 3.05) is 13.2 Å². The fraction of sp³-hybridized carbons (Fsp3) is 0.933. The number of carbonyl (C=O) groups is 1. The largest absolute Gasteiger partial charge is 0.465 e. The molecule has 2 aliphatic rings. The number of likely N-dealkylation sites (tertiary alicyclic amines) is 1. The van der Waals surface area contributed by atoms with E-state index in [-0.39, 0.29) is 5.97 Å². The van der Waals surface area contributed by atoms with Gasteiger partial charge in [-0.1, -0.05) is 6.42 Å². The lowest BCUT2D eigenvalue weighted by atomic mass is 9.89. The molecule has 1 saturated carbocycles. The molecular formula is C15H28N2O2. The van der Waals surface area contributed by atoms with Crippen molar-refractivity contribution in [2.45, 2.75) is 70.5 Å². The van der Waals surface area contributed by atoms with Gasteiger partial charge in [0.05, 0.1) is 6.61 Å². The van der Waals surface area contributed by atoms with Crippen molar-refractivity contribution in [3.05, 3.63) is 0 Å². The van der Waals surface area contributed by atoms with Crippen molar-refractivity contribution in [3.8, 4) is 0 Å².